The summed E-state index contributed by atoms with van der Waals surface area (Å²) in [5.74, 6) is -1.34. The van der Waals surface area contributed by atoms with Gasteiger partial charge in [-0.3, -0.25) is 0 Å². The smallest absolute Gasteiger partial charge is 0.230 e. The van der Waals surface area contributed by atoms with Crippen LogP contribution >= 0.6 is 33.9 Å². The minimum atomic E-state index is -0.703. The highest BCUT2D eigenvalue weighted by molar-refractivity contribution is 14.1. The highest BCUT2D eigenvalue weighted by Gasteiger charge is 2.21. The first kappa shape index (κ1) is 13.5. The van der Waals surface area contributed by atoms with Crippen molar-refractivity contribution in [2.45, 2.75) is 0 Å². The molecular formula is C13H7F2IN2OS. The van der Waals surface area contributed by atoms with E-state index in [0.29, 0.717) is 11.3 Å². The minimum Gasteiger partial charge on any atom is -0.367 e. The van der Waals surface area contributed by atoms with Gasteiger partial charge >= 0.3 is 0 Å². The van der Waals surface area contributed by atoms with Gasteiger partial charge in [-0.25, -0.2) is 8.78 Å². The van der Waals surface area contributed by atoms with Crippen molar-refractivity contribution in [3.05, 3.63) is 44.2 Å². The standard InChI is InChI=1S/C13H7F2IN2OS/c14-7-1-2-8(9(15)4-7)11-12(18-19-13(11)17)6-3-10(16)20-5-6/h1-5H,17H2. The normalized spacial score (nSPS) is 10.9. The van der Waals surface area contributed by atoms with E-state index in [-0.39, 0.29) is 11.4 Å². The molecule has 3 rings (SSSR count). The van der Waals surface area contributed by atoms with Gasteiger partial charge in [0.25, 0.3) is 0 Å². The highest BCUT2D eigenvalue weighted by Crippen LogP contribution is 2.39. The molecule has 0 unspecified atom stereocenters. The van der Waals surface area contributed by atoms with Gasteiger partial charge in [0.2, 0.25) is 5.88 Å². The molecule has 0 atom stereocenters. The van der Waals surface area contributed by atoms with Crippen molar-refractivity contribution in [1.29, 1.82) is 0 Å². The Morgan fingerprint density at radius 1 is 1.25 bits per heavy atom. The van der Waals surface area contributed by atoms with E-state index in [1.165, 1.54) is 23.5 Å². The molecule has 0 aliphatic heterocycles. The molecule has 3 nitrogen and oxygen atoms in total. The summed E-state index contributed by atoms with van der Waals surface area (Å²) in [6.07, 6.45) is 0. The maximum atomic E-state index is 13.9. The van der Waals surface area contributed by atoms with Crippen molar-refractivity contribution in [3.8, 4) is 22.4 Å². The third-order valence-electron chi connectivity index (χ3n) is 2.76. The zero-order chi connectivity index (χ0) is 14.3. The number of hydrogen-bond acceptors (Lipinski definition) is 4. The van der Waals surface area contributed by atoms with Gasteiger partial charge < -0.3 is 10.3 Å². The molecular weight excluding hydrogens is 397 g/mol. The summed E-state index contributed by atoms with van der Waals surface area (Å²) in [6.45, 7) is 0. The number of nitrogens with two attached hydrogens (primary N) is 1. The van der Waals surface area contributed by atoms with Crippen LogP contribution in [0.25, 0.3) is 22.4 Å². The first-order valence-electron chi connectivity index (χ1n) is 5.51. The largest absolute Gasteiger partial charge is 0.367 e. The number of aromatic nitrogens is 1. The third-order valence-corrected chi connectivity index (χ3v) is 4.55. The van der Waals surface area contributed by atoms with Gasteiger partial charge in [-0.15, -0.1) is 11.3 Å². The molecule has 1 aromatic carbocycles. The predicted molar refractivity (Wildman–Crippen MR) is 82.3 cm³/mol. The quantitative estimate of drug-likeness (QED) is 0.639. The van der Waals surface area contributed by atoms with Gasteiger partial charge in [-0.2, -0.15) is 0 Å². The minimum absolute atomic E-state index is 0.00622. The van der Waals surface area contributed by atoms with Crippen LogP contribution < -0.4 is 5.73 Å². The fourth-order valence-corrected chi connectivity index (χ4v) is 3.22. The predicted octanol–water partition coefficient (Wildman–Crippen LogP) is 4.54. The lowest BCUT2D eigenvalue weighted by Gasteiger charge is -2.03. The number of benzene rings is 1. The second-order valence-electron chi connectivity index (χ2n) is 4.03. The van der Waals surface area contributed by atoms with Crippen LogP contribution in [0.4, 0.5) is 14.7 Å². The average molecular weight is 404 g/mol. The van der Waals surface area contributed by atoms with Crippen molar-refractivity contribution in [2.24, 2.45) is 0 Å². The number of anilines is 1. The van der Waals surface area contributed by atoms with E-state index in [0.717, 1.165) is 14.5 Å². The van der Waals surface area contributed by atoms with Gasteiger partial charge in [0.05, 0.1) is 8.45 Å². The number of rotatable bonds is 2. The molecule has 0 aliphatic rings. The van der Waals surface area contributed by atoms with Gasteiger partial charge in [0.15, 0.2) is 0 Å². The molecule has 2 N–H and O–H groups in total. The van der Waals surface area contributed by atoms with Crippen LogP contribution in [0.5, 0.6) is 0 Å². The van der Waals surface area contributed by atoms with E-state index in [1.54, 1.807) is 0 Å². The van der Waals surface area contributed by atoms with E-state index in [9.17, 15) is 8.78 Å². The third kappa shape index (κ3) is 2.31. The number of thiophene rings is 1. The Hall–Kier alpha value is -1.48. The molecule has 0 amide bonds. The van der Waals surface area contributed by atoms with Gasteiger partial charge in [0, 0.05) is 22.6 Å². The molecule has 0 saturated heterocycles. The number of nitrogen functional groups attached to an aromatic ring is 1. The highest BCUT2D eigenvalue weighted by atomic mass is 127. The molecule has 20 heavy (non-hydrogen) atoms. The number of hydrogen-bond donors (Lipinski definition) is 1. The lowest BCUT2D eigenvalue weighted by atomic mass is 10.0. The summed E-state index contributed by atoms with van der Waals surface area (Å²) in [5, 5.41) is 5.76. The van der Waals surface area contributed by atoms with E-state index in [2.05, 4.69) is 27.7 Å². The molecule has 2 heterocycles. The Bertz CT molecular complexity index is 785. The summed E-state index contributed by atoms with van der Waals surface area (Å²) in [6, 6.07) is 5.21. The lowest BCUT2D eigenvalue weighted by Crippen LogP contribution is -1.91. The van der Waals surface area contributed by atoms with Gasteiger partial charge in [-0.1, -0.05) is 5.16 Å². The topological polar surface area (TPSA) is 52.0 Å². The molecule has 0 saturated carbocycles. The van der Waals surface area contributed by atoms with Gasteiger partial charge in [-0.05, 0) is 40.8 Å². The first-order chi connectivity index (χ1) is 9.56. The number of nitrogens with zero attached hydrogens (tertiary/aromatic N) is 1. The zero-order valence-corrected chi connectivity index (χ0v) is 12.8. The second kappa shape index (κ2) is 5.13. The molecule has 0 radical (unpaired) electrons. The number of halogens is 3. The van der Waals surface area contributed by atoms with E-state index in [1.807, 2.05) is 11.4 Å². The van der Waals surface area contributed by atoms with Gasteiger partial charge in [0.1, 0.15) is 17.3 Å². The van der Waals surface area contributed by atoms with Crippen molar-refractivity contribution < 1.29 is 13.3 Å². The molecule has 0 spiro atoms. The maximum Gasteiger partial charge on any atom is 0.230 e. The molecule has 0 fully saturated rings. The van der Waals surface area contributed by atoms with Crippen molar-refractivity contribution >= 4 is 39.8 Å². The fraction of sp³-hybridized carbons (Fsp3) is 0. The zero-order valence-electron chi connectivity index (χ0n) is 9.86. The van der Waals surface area contributed by atoms with E-state index >= 15 is 0 Å². The monoisotopic (exact) mass is 404 g/mol. The van der Waals surface area contributed by atoms with Crippen LogP contribution in [0.3, 0.4) is 0 Å². The van der Waals surface area contributed by atoms with Crippen LogP contribution in [-0.2, 0) is 0 Å². The molecule has 102 valence electrons. The Morgan fingerprint density at radius 2 is 2.05 bits per heavy atom. The van der Waals surface area contributed by atoms with Crippen LogP contribution in [0.1, 0.15) is 0 Å². The Balaban J connectivity index is 2.21. The maximum absolute atomic E-state index is 13.9. The Kier molecular flexibility index (Phi) is 3.47. The molecule has 2 aromatic heterocycles. The van der Waals surface area contributed by atoms with Crippen molar-refractivity contribution in [3.63, 3.8) is 0 Å². The summed E-state index contributed by atoms with van der Waals surface area (Å²) in [5.41, 5.74) is 7.49. The van der Waals surface area contributed by atoms with Crippen LogP contribution in [0, 0.1) is 14.5 Å². The molecule has 0 aliphatic carbocycles. The Labute approximate surface area is 130 Å². The van der Waals surface area contributed by atoms with Crippen LogP contribution in [0.15, 0.2) is 34.2 Å². The summed E-state index contributed by atoms with van der Waals surface area (Å²) in [7, 11) is 0. The SMILES string of the molecule is Nc1onc(-c2csc(I)c2)c1-c1ccc(F)cc1F. The van der Waals surface area contributed by atoms with Crippen LogP contribution in [0.2, 0.25) is 0 Å². The van der Waals surface area contributed by atoms with E-state index in [4.69, 9.17) is 10.3 Å². The van der Waals surface area contributed by atoms with Crippen molar-refractivity contribution in [1.82, 2.24) is 5.16 Å². The summed E-state index contributed by atoms with van der Waals surface area (Å²) in [4.78, 5) is 0. The van der Waals surface area contributed by atoms with Crippen molar-refractivity contribution in [2.75, 3.05) is 5.73 Å². The summed E-state index contributed by atoms with van der Waals surface area (Å²) < 4.78 is 33.0. The van der Waals surface area contributed by atoms with E-state index < -0.39 is 11.6 Å². The second-order valence-corrected chi connectivity index (χ2v) is 6.84. The lowest BCUT2D eigenvalue weighted by molar-refractivity contribution is 0.439. The molecule has 0 bridgehead atoms. The fourth-order valence-electron chi connectivity index (χ4n) is 1.89. The summed E-state index contributed by atoms with van der Waals surface area (Å²) >= 11 is 3.71. The molecule has 7 heteroatoms. The average Bonchev–Trinajstić information content (AvgIpc) is 2.96. The Morgan fingerprint density at radius 3 is 2.70 bits per heavy atom. The first-order valence-corrected chi connectivity index (χ1v) is 7.47. The molecule has 3 aromatic rings. The van der Waals surface area contributed by atoms with Crippen LogP contribution in [-0.4, -0.2) is 5.16 Å².